The molecule has 1 heterocycles. The van der Waals surface area contributed by atoms with E-state index in [-0.39, 0.29) is 0 Å². The van der Waals surface area contributed by atoms with Gasteiger partial charge in [-0.1, -0.05) is 12.7 Å². The van der Waals surface area contributed by atoms with Gasteiger partial charge in [0.05, 0.1) is 0 Å². The van der Waals surface area contributed by atoms with Gasteiger partial charge in [-0.25, -0.2) is 0 Å². The lowest BCUT2D eigenvalue weighted by molar-refractivity contribution is 1.41. The first-order chi connectivity index (χ1) is 2.89. The number of hydrogen-bond acceptors (Lipinski definition) is 1. The van der Waals surface area contributed by atoms with Crippen LogP contribution in [0.25, 0.3) is 0 Å². The minimum Gasteiger partial charge on any atom is -0.103 e. The second kappa shape index (κ2) is 1.52. The van der Waals surface area contributed by atoms with Crippen LogP contribution in [0.5, 0.6) is 0 Å². The maximum atomic E-state index is 3.75. The zero-order chi connectivity index (χ0) is 4.41. The van der Waals surface area contributed by atoms with E-state index in [1.807, 2.05) is 0 Å². The molecule has 0 aliphatic carbocycles. The molecule has 0 fully saturated rings. The van der Waals surface area contributed by atoms with Gasteiger partial charge in [0.15, 0.2) is 0 Å². The molecular weight excluding hydrogens is 92.1 g/mol. The Bertz CT molecular complexity index is 82.1. The van der Waals surface area contributed by atoms with Gasteiger partial charge in [0.1, 0.15) is 0 Å². The van der Waals surface area contributed by atoms with Gasteiger partial charge < -0.3 is 0 Å². The van der Waals surface area contributed by atoms with Crippen molar-refractivity contribution >= 4 is 11.8 Å². The summed E-state index contributed by atoms with van der Waals surface area (Å²) in [6.07, 6.45) is 3.19. The molecule has 1 aliphatic heterocycles. The Morgan fingerprint density at radius 3 is 2.83 bits per heavy atom. The van der Waals surface area contributed by atoms with E-state index in [1.165, 1.54) is 4.91 Å². The van der Waals surface area contributed by atoms with E-state index in [0.29, 0.717) is 0 Å². The summed E-state index contributed by atoms with van der Waals surface area (Å²) in [6, 6.07) is 0. The normalized spacial score (nSPS) is 19.7. The van der Waals surface area contributed by atoms with Gasteiger partial charge in [-0.15, -0.1) is 11.8 Å². The molecule has 32 valence electrons. The Hall–Kier alpha value is -0.170. The molecule has 0 spiro atoms. The van der Waals surface area contributed by atoms with Crippen LogP contribution >= 0.6 is 11.8 Å². The summed E-state index contributed by atoms with van der Waals surface area (Å²) in [5.41, 5.74) is 0. The number of rotatable bonds is 0. The molecule has 0 unspecified atom stereocenters. The fourth-order valence-electron chi connectivity index (χ4n) is 0.372. The standard InChI is InChI=1S/C5H6S/c1-5-3-2-4-6-5/h2,4H,1,3H2. The molecule has 6 heavy (non-hydrogen) atoms. The molecule has 1 aliphatic rings. The maximum Gasteiger partial charge on any atom is -0.00316 e. The molecule has 0 bridgehead atoms. The molecule has 0 aromatic carbocycles. The Balaban J connectivity index is 2.52. The van der Waals surface area contributed by atoms with Crippen LogP contribution in [0.4, 0.5) is 0 Å². The van der Waals surface area contributed by atoms with Crippen LogP contribution < -0.4 is 0 Å². The fraction of sp³-hybridized carbons (Fsp3) is 0.200. The molecule has 0 radical (unpaired) electrons. The highest BCUT2D eigenvalue weighted by Crippen LogP contribution is 2.25. The maximum absolute atomic E-state index is 3.75. The molecule has 1 rings (SSSR count). The van der Waals surface area contributed by atoms with Gasteiger partial charge >= 0.3 is 0 Å². The molecule has 0 saturated carbocycles. The molecule has 0 amide bonds. The molecule has 1 heteroatoms. The highest BCUT2D eigenvalue weighted by molar-refractivity contribution is 8.06. The van der Waals surface area contributed by atoms with Crippen molar-refractivity contribution in [2.75, 3.05) is 0 Å². The average molecular weight is 98.2 g/mol. The minimum absolute atomic E-state index is 1.07. The summed E-state index contributed by atoms with van der Waals surface area (Å²) in [5.74, 6) is 0. The van der Waals surface area contributed by atoms with Crippen LogP contribution in [0.3, 0.4) is 0 Å². The fourth-order valence-corrected chi connectivity index (χ4v) is 0.949. The third kappa shape index (κ3) is 0.658. The van der Waals surface area contributed by atoms with Gasteiger partial charge in [0, 0.05) is 0 Å². The van der Waals surface area contributed by atoms with Gasteiger partial charge in [-0.3, -0.25) is 0 Å². The predicted molar refractivity (Wildman–Crippen MR) is 30.5 cm³/mol. The van der Waals surface area contributed by atoms with E-state index in [2.05, 4.69) is 18.1 Å². The van der Waals surface area contributed by atoms with Crippen LogP contribution in [-0.4, -0.2) is 0 Å². The van der Waals surface area contributed by atoms with Crippen molar-refractivity contribution in [1.82, 2.24) is 0 Å². The predicted octanol–water partition coefficient (Wildman–Crippen LogP) is 2.15. The van der Waals surface area contributed by atoms with Crippen molar-refractivity contribution < 1.29 is 0 Å². The van der Waals surface area contributed by atoms with Crippen molar-refractivity contribution in [2.45, 2.75) is 6.42 Å². The lowest BCUT2D eigenvalue weighted by Crippen LogP contribution is -1.53. The second-order valence-electron chi connectivity index (χ2n) is 1.23. The van der Waals surface area contributed by atoms with E-state index >= 15 is 0 Å². The Labute approximate surface area is 41.9 Å². The highest BCUT2D eigenvalue weighted by atomic mass is 32.2. The molecule has 0 aromatic heterocycles. The van der Waals surface area contributed by atoms with E-state index < -0.39 is 0 Å². The molecule has 0 aromatic rings. The molecule has 0 nitrogen and oxygen atoms in total. The van der Waals surface area contributed by atoms with Gasteiger partial charge in [0.25, 0.3) is 0 Å². The zero-order valence-electron chi connectivity index (χ0n) is 3.48. The first-order valence-corrected chi connectivity index (χ1v) is 2.77. The first-order valence-electron chi connectivity index (χ1n) is 1.89. The first kappa shape index (κ1) is 4.00. The zero-order valence-corrected chi connectivity index (χ0v) is 4.29. The smallest absolute Gasteiger partial charge is 0.00316 e. The monoisotopic (exact) mass is 98.0 g/mol. The molecular formula is C5H6S. The van der Waals surface area contributed by atoms with Crippen molar-refractivity contribution in [3.63, 3.8) is 0 Å². The Kier molecular flexibility index (Phi) is 1.01. The van der Waals surface area contributed by atoms with Crippen molar-refractivity contribution in [2.24, 2.45) is 0 Å². The summed E-state index contributed by atoms with van der Waals surface area (Å²) in [7, 11) is 0. The molecule has 0 saturated heterocycles. The number of hydrogen-bond donors (Lipinski definition) is 0. The summed E-state index contributed by atoms with van der Waals surface area (Å²) in [4.78, 5) is 1.26. The largest absolute Gasteiger partial charge is 0.103 e. The minimum atomic E-state index is 1.07. The summed E-state index contributed by atoms with van der Waals surface area (Å²) >= 11 is 1.72. The topological polar surface area (TPSA) is 0 Å². The van der Waals surface area contributed by atoms with Crippen LogP contribution in [0.1, 0.15) is 6.42 Å². The Morgan fingerprint density at radius 1 is 1.83 bits per heavy atom. The van der Waals surface area contributed by atoms with Crippen molar-refractivity contribution in [3.8, 4) is 0 Å². The molecule has 0 atom stereocenters. The average Bonchev–Trinajstić information content (AvgIpc) is 1.86. The summed E-state index contributed by atoms with van der Waals surface area (Å²) < 4.78 is 0. The summed E-state index contributed by atoms with van der Waals surface area (Å²) in [5, 5.41) is 2.07. The number of thioether (sulfide) groups is 1. The molecule has 0 N–H and O–H groups in total. The number of allylic oxidation sites excluding steroid dienone is 2. The SMILES string of the molecule is C=C1CC=CS1. The van der Waals surface area contributed by atoms with Crippen molar-refractivity contribution in [1.29, 1.82) is 0 Å². The van der Waals surface area contributed by atoms with E-state index in [1.54, 1.807) is 11.8 Å². The van der Waals surface area contributed by atoms with E-state index in [4.69, 9.17) is 0 Å². The third-order valence-corrected chi connectivity index (χ3v) is 1.50. The van der Waals surface area contributed by atoms with Gasteiger partial charge in [-0.2, -0.15) is 0 Å². The van der Waals surface area contributed by atoms with Crippen LogP contribution in [0.15, 0.2) is 23.0 Å². The lowest BCUT2D eigenvalue weighted by atomic mass is 10.4. The van der Waals surface area contributed by atoms with Gasteiger partial charge in [-0.05, 0) is 16.7 Å². The van der Waals surface area contributed by atoms with Crippen LogP contribution in [-0.2, 0) is 0 Å². The van der Waals surface area contributed by atoms with Crippen LogP contribution in [0, 0.1) is 0 Å². The lowest BCUT2D eigenvalue weighted by Gasteiger charge is -1.80. The summed E-state index contributed by atoms with van der Waals surface area (Å²) in [6.45, 7) is 3.75. The van der Waals surface area contributed by atoms with Crippen LogP contribution in [0.2, 0.25) is 0 Å². The Morgan fingerprint density at radius 2 is 2.67 bits per heavy atom. The van der Waals surface area contributed by atoms with Gasteiger partial charge in [0.2, 0.25) is 0 Å². The quantitative estimate of drug-likeness (QED) is 0.447. The second-order valence-corrected chi connectivity index (χ2v) is 2.32. The third-order valence-electron chi connectivity index (χ3n) is 0.676. The van der Waals surface area contributed by atoms with E-state index in [0.717, 1.165) is 6.42 Å². The van der Waals surface area contributed by atoms with Crippen molar-refractivity contribution in [3.05, 3.63) is 23.0 Å². The highest BCUT2D eigenvalue weighted by Gasteiger charge is 1.93. The van der Waals surface area contributed by atoms with E-state index in [9.17, 15) is 0 Å².